The van der Waals surface area contributed by atoms with Crippen molar-refractivity contribution >= 4 is 11.7 Å². The molecule has 4 nitrogen and oxygen atoms in total. The standard InChI is InChI=1S/C20H24F3NO3/c1-12-7-14(20(21,22)23)5-6-17(12)13-8-15-10-26-11-16(9-13)24(15)18(25)27-19(2,3)4/h5-8,15-16H,9-11H2,1-4H3. The zero-order valence-electron chi connectivity index (χ0n) is 15.9. The Bertz CT molecular complexity index is 765. The van der Waals surface area contributed by atoms with Crippen LogP contribution in [0.3, 0.4) is 0 Å². The van der Waals surface area contributed by atoms with Gasteiger partial charge in [0.1, 0.15) is 5.60 Å². The smallest absolute Gasteiger partial charge is 0.416 e. The zero-order valence-corrected chi connectivity index (χ0v) is 15.9. The molecular formula is C20H24F3NO3. The highest BCUT2D eigenvalue weighted by molar-refractivity contribution is 5.76. The third-order valence-electron chi connectivity index (χ3n) is 4.70. The minimum Gasteiger partial charge on any atom is -0.444 e. The maximum Gasteiger partial charge on any atom is 0.416 e. The van der Waals surface area contributed by atoms with Crippen LogP contribution in [0.1, 0.15) is 43.9 Å². The van der Waals surface area contributed by atoms with Gasteiger partial charge in [-0.25, -0.2) is 4.79 Å². The lowest BCUT2D eigenvalue weighted by Gasteiger charge is -2.44. The molecule has 3 rings (SSSR count). The summed E-state index contributed by atoms with van der Waals surface area (Å²) in [6.45, 7) is 7.85. The molecule has 0 aliphatic carbocycles. The molecule has 2 aliphatic rings. The van der Waals surface area contributed by atoms with E-state index in [1.807, 2.05) is 26.8 Å². The van der Waals surface area contributed by atoms with Gasteiger partial charge in [-0.1, -0.05) is 12.1 Å². The van der Waals surface area contributed by atoms with E-state index in [2.05, 4.69) is 0 Å². The Morgan fingerprint density at radius 1 is 1.22 bits per heavy atom. The highest BCUT2D eigenvalue weighted by Crippen LogP contribution is 2.37. The third kappa shape index (κ3) is 4.29. The van der Waals surface area contributed by atoms with E-state index in [0.29, 0.717) is 25.2 Å². The highest BCUT2D eigenvalue weighted by atomic mass is 19.4. The Morgan fingerprint density at radius 2 is 1.93 bits per heavy atom. The predicted molar refractivity (Wildman–Crippen MR) is 95.2 cm³/mol. The average molecular weight is 383 g/mol. The van der Waals surface area contributed by atoms with E-state index in [9.17, 15) is 18.0 Å². The molecule has 1 aromatic carbocycles. The van der Waals surface area contributed by atoms with E-state index >= 15 is 0 Å². The van der Waals surface area contributed by atoms with Crippen molar-refractivity contribution in [3.05, 3.63) is 41.0 Å². The number of carbonyl (C=O) groups is 1. The number of alkyl halides is 3. The lowest BCUT2D eigenvalue weighted by atomic mass is 9.87. The van der Waals surface area contributed by atoms with Crippen LogP contribution in [-0.4, -0.2) is 41.9 Å². The van der Waals surface area contributed by atoms with Crippen molar-refractivity contribution in [1.29, 1.82) is 0 Å². The van der Waals surface area contributed by atoms with Crippen molar-refractivity contribution in [2.75, 3.05) is 13.2 Å². The van der Waals surface area contributed by atoms with Gasteiger partial charge in [-0.05, 0) is 62.9 Å². The summed E-state index contributed by atoms with van der Waals surface area (Å²) in [4.78, 5) is 14.3. The zero-order chi connectivity index (χ0) is 20.0. The number of ether oxygens (including phenoxy) is 2. The van der Waals surface area contributed by atoms with Gasteiger partial charge in [0, 0.05) is 0 Å². The molecule has 0 radical (unpaired) electrons. The third-order valence-corrected chi connectivity index (χ3v) is 4.70. The summed E-state index contributed by atoms with van der Waals surface area (Å²) in [5.74, 6) is 0. The maximum absolute atomic E-state index is 12.9. The van der Waals surface area contributed by atoms with Crippen molar-refractivity contribution < 1.29 is 27.4 Å². The SMILES string of the molecule is Cc1cc(C(F)(F)F)ccc1C1=CC2COCC(C1)N2C(=O)OC(C)(C)C. The molecule has 2 heterocycles. The van der Waals surface area contributed by atoms with Gasteiger partial charge < -0.3 is 9.47 Å². The van der Waals surface area contributed by atoms with Crippen LogP contribution < -0.4 is 0 Å². The Labute approximate surface area is 156 Å². The number of fused-ring (bicyclic) bond motifs is 2. The summed E-state index contributed by atoms with van der Waals surface area (Å²) < 4.78 is 49.8. The van der Waals surface area contributed by atoms with E-state index in [1.165, 1.54) is 12.1 Å². The monoisotopic (exact) mass is 383 g/mol. The van der Waals surface area contributed by atoms with E-state index in [0.717, 1.165) is 17.2 Å². The second-order valence-electron chi connectivity index (χ2n) is 8.07. The van der Waals surface area contributed by atoms with Gasteiger partial charge in [0.15, 0.2) is 0 Å². The molecule has 0 saturated carbocycles. The van der Waals surface area contributed by atoms with Crippen molar-refractivity contribution in [1.82, 2.24) is 4.90 Å². The lowest BCUT2D eigenvalue weighted by molar-refractivity contribution is -0.137. The van der Waals surface area contributed by atoms with Crippen molar-refractivity contribution in [3.63, 3.8) is 0 Å². The fraction of sp³-hybridized carbons (Fsp3) is 0.550. The fourth-order valence-corrected chi connectivity index (χ4v) is 3.60. The van der Waals surface area contributed by atoms with Crippen LogP contribution >= 0.6 is 0 Å². The molecule has 1 amide bonds. The average Bonchev–Trinajstić information content (AvgIpc) is 2.51. The van der Waals surface area contributed by atoms with Gasteiger partial charge in [0.25, 0.3) is 0 Å². The van der Waals surface area contributed by atoms with E-state index in [4.69, 9.17) is 9.47 Å². The molecular weight excluding hydrogens is 359 g/mol. The minimum absolute atomic E-state index is 0.194. The van der Waals surface area contributed by atoms with Gasteiger partial charge in [-0.3, -0.25) is 4.90 Å². The topological polar surface area (TPSA) is 38.8 Å². The lowest BCUT2D eigenvalue weighted by Crippen LogP contribution is -2.57. The molecule has 2 unspecified atom stereocenters. The van der Waals surface area contributed by atoms with E-state index in [-0.39, 0.29) is 18.2 Å². The normalized spacial score (nSPS) is 23.1. The molecule has 1 fully saturated rings. The van der Waals surface area contributed by atoms with Crippen molar-refractivity contribution in [2.45, 2.75) is 58.0 Å². The Kier molecular flexibility index (Phi) is 5.01. The van der Waals surface area contributed by atoms with Crippen molar-refractivity contribution in [2.24, 2.45) is 0 Å². The molecule has 0 aromatic heterocycles. The number of carbonyl (C=O) groups excluding carboxylic acids is 1. The second-order valence-corrected chi connectivity index (χ2v) is 8.07. The van der Waals surface area contributed by atoms with Crippen LogP contribution in [0.4, 0.5) is 18.0 Å². The van der Waals surface area contributed by atoms with Gasteiger partial charge in [-0.15, -0.1) is 0 Å². The molecule has 7 heteroatoms. The van der Waals surface area contributed by atoms with Crippen LogP contribution in [0.5, 0.6) is 0 Å². The number of hydrogen-bond donors (Lipinski definition) is 0. The Balaban J connectivity index is 1.89. The first-order chi connectivity index (χ1) is 12.5. The number of morpholine rings is 1. The molecule has 0 N–H and O–H groups in total. The first kappa shape index (κ1) is 19.7. The van der Waals surface area contributed by atoms with Crippen LogP contribution in [0.25, 0.3) is 5.57 Å². The van der Waals surface area contributed by atoms with Gasteiger partial charge in [0.2, 0.25) is 0 Å². The predicted octanol–water partition coefficient (Wildman–Crippen LogP) is 4.81. The molecule has 148 valence electrons. The number of hydrogen-bond acceptors (Lipinski definition) is 3. The van der Waals surface area contributed by atoms with Crippen LogP contribution in [-0.2, 0) is 15.7 Å². The molecule has 2 atom stereocenters. The fourth-order valence-electron chi connectivity index (χ4n) is 3.60. The number of benzene rings is 1. The number of aryl methyl sites for hydroxylation is 1. The Hall–Kier alpha value is -2.02. The summed E-state index contributed by atoms with van der Waals surface area (Å²) >= 11 is 0. The molecule has 1 saturated heterocycles. The Morgan fingerprint density at radius 3 is 2.48 bits per heavy atom. The molecule has 2 aliphatic heterocycles. The summed E-state index contributed by atoms with van der Waals surface area (Å²) in [5, 5.41) is 0. The van der Waals surface area contributed by atoms with Crippen LogP contribution in [0.15, 0.2) is 24.3 Å². The molecule has 1 aromatic rings. The highest BCUT2D eigenvalue weighted by Gasteiger charge is 2.40. The second kappa shape index (κ2) is 6.86. The number of halogens is 3. The number of amides is 1. The minimum atomic E-state index is -4.36. The first-order valence-corrected chi connectivity index (χ1v) is 8.94. The summed E-state index contributed by atoms with van der Waals surface area (Å²) in [7, 11) is 0. The molecule has 2 bridgehead atoms. The van der Waals surface area contributed by atoms with Gasteiger partial charge in [0.05, 0.1) is 30.9 Å². The molecule has 27 heavy (non-hydrogen) atoms. The van der Waals surface area contributed by atoms with E-state index < -0.39 is 17.3 Å². The molecule has 0 spiro atoms. The number of nitrogens with zero attached hydrogens (tertiary/aromatic N) is 1. The summed E-state index contributed by atoms with van der Waals surface area (Å²) in [6.07, 6.45) is -2.32. The summed E-state index contributed by atoms with van der Waals surface area (Å²) in [6, 6.07) is 3.31. The van der Waals surface area contributed by atoms with Crippen LogP contribution in [0, 0.1) is 6.92 Å². The van der Waals surface area contributed by atoms with Gasteiger partial charge in [-0.2, -0.15) is 13.2 Å². The first-order valence-electron chi connectivity index (χ1n) is 8.94. The van der Waals surface area contributed by atoms with E-state index in [1.54, 1.807) is 11.8 Å². The van der Waals surface area contributed by atoms with Crippen LogP contribution in [0.2, 0.25) is 0 Å². The largest absolute Gasteiger partial charge is 0.444 e. The summed E-state index contributed by atoms with van der Waals surface area (Å²) in [5.41, 5.74) is 1.04. The maximum atomic E-state index is 12.9. The number of rotatable bonds is 1. The van der Waals surface area contributed by atoms with Gasteiger partial charge >= 0.3 is 12.3 Å². The van der Waals surface area contributed by atoms with Crippen molar-refractivity contribution in [3.8, 4) is 0 Å². The quantitative estimate of drug-likeness (QED) is 0.699.